The molecule has 4 heteroatoms. The second-order valence-corrected chi connectivity index (χ2v) is 7.06. The molecule has 0 spiro atoms. The largest absolute Gasteiger partial charge is 0.269 e. The van der Waals surface area contributed by atoms with Crippen LogP contribution in [-0.4, -0.2) is 15.7 Å². The number of benzene rings is 1. The Bertz CT molecular complexity index is 573. The number of alkyl halides is 1. The van der Waals surface area contributed by atoms with Crippen molar-refractivity contribution in [2.75, 3.05) is 5.88 Å². The van der Waals surface area contributed by atoms with E-state index in [1.165, 1.54) is 31.2 Å². The summed E-state index contributed by atoms with van der Waals surface area (Å²) in [5, 5.41) is 4.77. The summed E-state index contributed by atoms with van der Waals surface area (Å²) in [6, 6.07) is 11.2. The summed E-state index contributed by atoms with van der Waals surface area (Å²) >= 11 is 9.66. The second-order valence-electron chi connectivity index (χ2n) is 5.83. The predicted octanol–water partition coefficient (Wildman–Crippen LogP) is 5.33. The molecule has 0 aliphatic heterocycles. The highest BCUT2D eigenvalue weighted by atomic mass is 79.9. The maximum Gasteiger partial charge on any atom is 0.0631 e. The summed E-state index contributed by atoms with van der Waals surface area (Å²) in [6.07, 6.45) is 8.26. The van der Waals surface area contributed by atoms with E-state index in [0.717, 1.165) is 16.6 Å². The number of hydrogen-bond acceptors (Lipinski definition) is 1. The van der Waals surface area contributed by atoms with E-state index in [-0.39, 0.29) is 0 Å². The SMILES string of the molecule is ClCC(Cc1ccn(C2CCCC2)n1)c1ccc(Br)cc1. The average molecular weight is 368 g/mol. The van der Waals surface area contributed by atoms with E-state index in [0.29, 0.717) is 17.8 Å². The lowest BCUT2D eigenvalue weighted by Crippen LogP contribution is -2.08. The van der Waals surface area contributed by atoms with Crippen LogP contribution in [0.3, 0.4) is 0 Å². The lowest BCUT2D eigenvalue weighted by Gasteiger charge is -2.13. The van der Waals surface area contributed by atoms with Gasteiger partial charge in [-0.05, 0) is 43.0 Å². The summed E-state index contributed by atoms with van der Waals surface area (Å²) in [4.78, 5) is 0. The van der Waals surface area contributed by atoms with Gasteiger partial charge in [-0.2, -0.15) is 5.10 Å². The normalized spacial score (nSPS) is 17.2. The Balaban J connectivity index is 1.70. The maximum atomic E-state index is 6.18. The number of aromatic nitrogens is 2. The van der Waals surface area contributed by atoms with Gasteiger partial charge in [-0.1, -0.05) is 40.9 Å². The van der Waals surface area contributed by atoms with Crippen molar-refractivity contribution in [3.8, 4) is 0 Å². The standard InChI is InChI=1S/C17H20BrClN2/c18-15-7-5-13(6-8-15)14(12-19)11-16-9-10-21(20-16)17-3-1-2-4-17/h5-10,14,17H,1-4,11-12H2. The molecule has 1 fully saturated rings. The van der Waals surface area contributed by atoms with Crippen molar-refractivity contribution in [1.29, 1.82) is 0 Å². The minimum atomic E-state index is 0.326. The zero-order chi connectivity index (χ0) is 14.7. The van der Waals surface area contributed by atoms with E-state index in [2.05, 4.69) is 57.1 Å². The van der Waals surface area contributed by atoms with Crippen molar-refractivity contribution in [2.45, 2.75) is 44.1 Å². The third-order valence-corrected chi connectivity index (χ3v) is 5.25. The fourth-order valence-electron chi connectivity index (χ4n) is 3.11. The summed E-state index contributed by atoms with van der Waals surface area (Å²) < 4.78 is 3.26. The van der Waals surface area contributed by atoms with Crippen LogP contribution in [-0.2, 0) is 6.42 Å². The minimum Gasteiger partial charge on any atom is -0.269 e. The Hall–Kier alpha value is -0.800. The molecular formula is C17H20BrClN2. The van der Waals surface area contributed by atoms with Gasteiger partial charge in [0, 0.05) is 22.5 Å². The van der Waals surface area contributed by atoms with Crippen LogP contribution < -0.4 is 0 Å². The van der Waals surface area contributed by atoms with Crippen molar-refractivity contribution in [3.05, 3.63) is 52.3 Å². The van der Waals surface area contributed by atoms with Gasteiger partial charge in [0.2, 0.25) is 0 Å². The zero-order valence-corrected chi connectivity index (χ0v) is 14.4. The van der Waals surface area contributed by atoms with E-state index in [1.54, 1.807) is 0 Å². The number of halogens is 2. The highest BCUT2D eigenvalue weighted by molar-refractivity contribution is 9.10. The molecule has 0 radical (unpaired) electrons. The second kappa shape index (κ2) is 6.97. The topological polar surface area (TPSA) is 17.8 Å². The van der Waals surface area contributed by atoms with Crippen LogP contribution in [0.4, 0.5) is 0 Å². The van der Waals surface area contributed by atoms with Crippen LogP contribution >= 0.6 is 27.5 Å². The highest BCUT2D eigenvalue weighted by Crippen LogP contribution is 2.29. The summed E-state index contributed by atoms with van der Waals surface area (Å²) in [5.74, 6) is 0.949. The number of hydrogen-bond donors (Lipinski definition) is 0. The molecule has 1 heterocycles. The smallest absolute Gasteiger partial charge is 0.0631 e. The first-order chi connectivity index (χ1) is 10.3. The molecule has 112 valence electrons. The molecule has 1 aliphatic rings. The molecule has 1 unspecified atom stereocenters. The van der Waals surface area contributed by atoms with E-state index < -0.39 is 0 Å². The Kier molecular flexibility index (Phi) is 5.02. The summed E-state index contributed by atoms with van der Waals surface area (Å²) in [5.41, 5.74) is 2.43. The molecule has 0 saturated heterocycles. The molecule has 1 atom stereocenters. The molecule has 0 bridgehead atoms. The van der Waals surface area contributed by atoms with E-state index in [4.69, 9.17) is 16.7 Å². The molecule has 0 N–H and O–H groups in total. The van der Waals surface area contributed by atoms with Gasteiger partial charge in [-0.3, -0.25) is 4.68 Å². The van der Waals surface area contributed by atoms with Gasteiger partial charge in [0.1, 0.15) is 0 Å². The lowest BCUT2D eigenvalue weighted by atomic mass is 9.96. The van der Waals surface area contributed by atoms with Gasteiger partial charge in [-0.25, -0.2) is 0 Å². The molecular weight excluding hydrogens is 348 g/mol. The van der Waals surface area contributed by atoms with Crippen LogP contribution in [0.2, 0.25) is 0 Å². The molecule has 1 aromatic heterocycles. The first-order valence-corrected chi connectivity index (χ1v) is 8.94. The van der Waals surface area contributed by atoms with Crippen LogP contribution in [0, 0.1) is 0 Å². The molecule has 2 aromatic rings. The van der Waals surface area contributed by atoms with E-state index >= 15 is 0 Å². The van der Waals surface area contributed by atoms with E-state index in [1.807, 2.05) is 0 Å². The van der Waals surface area contributed by atoms with Gasteiger partial charge in [0.05, 0.1) is 11.7 Å². The molecule has 3 rings (SSSR count). The molecule has 2 nitrogen and oxygen atoms in total. The van der Waals surface area contributed by atoms with Crippen molar-refractivity contribution in [3.63, 3.8) is 0 Å². The molecule has 0 amide bonds. The van der Waals surface area contributed by atoms with Crippen molar-refractivity contribution in [1.82, 2.24) is 9.78 Å². The van der Waals surface area contributed by atoms with Gasteiger partial charge >= 0.3 is 0 Å². The zero-order valence-electron chi connectivity index (χ0n) is 12.0. The Morgan fingerprint density at radius 1 is 1.19 bits per heavy atom. The lowest BCUT2D eigenvalue weighted by molar-refractivity contribution is 0.461. The third-order valence-electron chi connectivity index (χ3n) is 4.35. The van der Waals surface area contributed by atoms with Crippen LogP contribution in [0.25, 0.3) is 0 Å². The molecule has 21 heavy (non-hydrogen) atoms. The quantitative estimate of drug-likeness (QED) is 0.653. The van der Waals surface area contributed by atoms with Gasteiger partial charge < -0.3 is 0 Å². The number of nitrogens with zero attached hydrogens (tertiary/aromatic N) is 2. The van der Waals surface area contributed by atoms with Gasteiger partial charge in [-0.15, -0.1) is 11.6 Å². The van der Waals surface area contributed by atoms with Crippen molar-refractivity contribution < 1.29 is 0 Å². The molecule has 1 saturated carbocycles. The fraction of sp³-hybridized carbons (Fsp3) is 0.471. The molecule has 1 aromatic carbocycles. The average Bonchev–Trinajstić information content (AvgIpc) is 3.17. The number of rotatable bonds is 5. The highest BCUT2D eigenvalue weighted by Gasteiger charge is 2.19. The molecule has 1 aliphatic carbocycles. The monoisotopic (exact) mass is 366 g/mol. The fourth-order valence-corrected chi connectivity index (χ4v) is 3.66. The summed E-state index contributed by atoms with van der Waals surface area (Å²) in [6.45, 7) is 0. The van der Waals surface area contributed by atoms with E-state index in [9.17, 15) is 0 Å². The van der Waals surface area contributed by atoms with Crippen molar-refractivity contribution in [2.24, 2.45) is 0 Å². The van der Waals surface area contributed by atoms with Gasteiger partial charge in [0.15, 0.2) is 0 Å². The first-order valence-electron chi connectivity index (χ1n) is 7.61. The Labute approximate surface area is 139 Å². The Morgan fingerprint density at radius 2 is 1.90 bits per heavy atom. The minimum absolute atomic E-state index is 0.326. The van der Waals surface area contributed by atoms with Crippen LogP contribution in [0.15, 0.2) is 41.0 Å². The van der Waals surface area contributed by atoms with Gasteiger partial charge in [0.25, 0.3) is 0 Å². The van der Waals surface area contributed by atoms with Crippen molar-refractivity contribution >= 4 is 27.5 Å². The Morgan fingerprint density at radius 3 is 2.57 bits per heavy atom. The first kappa shape index (κ1) is 15.1. The third kappa shape index (κ3) is 3.70. The maximum absolute atomic E-state index is 6.18. The van der Waals surface area contributed by atoms with Crippen LogP contribution in [0.1, 0.15) is 48.9 Å². The predicted molar refractivity (Wildman–Crippen MR) is 91.0 cm³/mol. The van der Waals surface area contributed by atoms with Crippen LogP contribution in [0.5, 0.6) is 0 Å². The summed E-state index contributed by atoms with van der Waals surface area (Å²) in [7, 11) is 0.